The molecule has 0 saturated carbocycles. The maximum Gasteiger partial charge on any atom is 0.416 e. The summed E-state index contributed by atoms with van der Waals surface area (Å²) in [7, 11) is 0. The van der Waals surface area contributed by atoms with Crippen LogP contribution in [0.1, 0.15) is 28.4 Å². The van der Waals surface area contributed by atoms with Gasteiger partial charge in [-0.3, -0.25) is 4.79 Å². The lowest BCUT2D eigenvalue weighted by Crippen LogP contribution is -2.34. The molecule has 1 unspecified atom stereocenters. The van der Waals surface area contributed by atoms with Crippen LogP contribution in [0.4, 0.5) is 17.6 Å². The summed E-state index contributed by atoms with van der Waals surface area (Å²) >= 11 is 0. The summed E-state index contributed by atoms with van der Waals surface area (Å²) in [6.07, 6.45) is -4.32. The van der Waals surface area contributed by atoms with Crippen LogP contribution in [0.25, 0.3) is 0 Å². The predicted octanol–water partition coefficient (Wildman–Crippen LogP) is 3.91. The number of rotatable bonds is 4. The van der Waals surface area contributed by atoms with Crippen molar-refractivity contribution in [2.75, 3.05) is 0 Å². The summed E-state index contributed by atoms with van der Waals surface area (Å²) in [4.78, 5) is 12.0. The fourth-order valence-corrected chi connectivity index (χ4v) is 2.23. The minimum absolute atomic E-state index is 0.106. The van der Waals surface area contributed by atoms with Crippen LogP contribution < -0.4 is 5.32 Å². The van der Waals surface area contributed by atoms with Gasteiger partial charge < -0.3 is 10.4 Å². The van der Waals surface area contributed by atoms with Gasteiger partial charge in [-0.1, -0.05) is 12.1 Å². The maximum atomic E-state index is 13.3. The molecule has 1 amide bonds. The summed E-state index contributed by atoms with van der Waals surface area (Å²) < 4.78 is 51.4. The van der Waals surface area contributed by atoms with Gasteiger partial charge in [-0.25, -0.2) is 4.39 Å². The quantitative estimate of drug-likeness (QED) is 0.829. The fraction of sp³-hybridized carbons (Fsp3) is 0.235. The summed E-state index contributed by atoms with van der Waals surface area (Å²) in [5.74, 6) is -1.80. The zero-order valence-corrected chi connectivity index (χ0v) is 12.7. The summed E-state index contributed by atoms with van der Waals surface area (Å²) in [5.41, 5.74) is -0.769. The largest absolute Gasteiger partial charge is 0.508 e. The molecule has 0 heterocycles. The molecular formula is C17H15F4NO2. The maximum absolute atomic E-state index is 13.3. The molecule has 24 heavy (non-hydrogen) atoms. The summed E-state index contributed by atoms with van der Waals surface area (Å²) in [5, 5.41) is 11.7. The number of halogens is 4. The first-order valence-electron chi connectivity index (χ1n) is 7.11. The lowest BCUT2D eigenvalue weighted by atomic mass is 10.1. The van der Waals surface area contributed by atoms with Crippen LogP contribution in [-0.2, 0) is 12.6 Å². The van der Waals surface area contributed by atoms with Crippen molar-refractivity contribution in [2.45, 2.75) is 25.6 Å². The molecule has 0 aliphatic heterocycles. The van der Waals surface area contributed by atoms with Crippen molar-refractivity contribution < 1.29 is 27.5 Å². The zero-order valence-electron chi connectivity index (χ0n) is 12.7. The van der Waals surface area contributed by atoms with Crippen molar-refractivity contribution in [1.29, 1.82) is 0 Å². The van der Waals surface area contributed by atoms with Gasteiger partial charge in [0, 0.05) is 11.6 Å². The standard InChI is InChI=1S/C17H15F4NO2/c1-10(6-11-2-4-15(23)5-3-11)22-16(24)12-7-13(17(19,20)21)9-14(18)8-12/h2-5,7-10,23H,6H2,1H3,(H,22,24). The molecule has 0 spiro atoms. The van der Waals surface area contributed by atoms with Gasteiger partial charge in [-0.2, -0.15) is 13.2 Å². The molecule has 2 rings (SSSR count). The average Bonchev–Trinajstić information content (AvgIpc) is 2.48. The van der Waals surface area contributed by atoms with Gasteiger partial charge in [0.25, 0.3) is 5.91 Å². The fourth-order valence-electron chi connectivity index (χ4n) is 2.23. The Balaban J connectivity index is 2.09. The number of carbonyl (C=O) groups excluding carboxylic acids is 1. The Bertz CT molecular complexity index is 726. The first-order valence-corrected chi connectivity index (χ1v) is 7.11. The second-order valence-corrected chi connectivity index (χ2v) is 5.47. The molecule has 0 aliphatic rings. The van der Waals surface area contributed by atoms with E-state index in [0.717, 1.165) is 11.6 Å². The highest BCUT2D eigenvalue weighted by Gasteiger charge is 2.32. The van der Waals surface area contributed by atoms with E-state index in [1.807, 2.05) is 0 Å². The number of hydrogen-bond donors (Lipinski definition) is 2. The van der Waals surface area contributed by atoms with E-state index in [2.05, 4.69) is 5.32 Å². The Morgan fingerprint density at radius 1 is 1.17 bits per heavy atom. The van der Waals surface area contributed by atoms with E-state index < -0.39 is 23.5 Å². The molecule has 0 aromatic heterocycles. The van der Waals surface area contributed by atoms with E-state index in [9.17, 15) is 27.5 Å². The van der Waals surface area contributed by atoms with Gasteiger partial charge in [0.05, 0.1) is 5.56 Å². The van der Waals surface area contributed by atoms with Gasteiger partial charge >= 0.3 is 6.18 Å². The second-order valence-electron chi connectivity index (χ2n) is 5.47. The van der Waals surface area contributed by atoms with E-state index in [4.69, 9.17) is 0 Å². The number of nitrogens with one attached hydrogen (secondary N) is 1. The molecule has 1 atom stereocenters. The smallest absolute Gasteiger partial charge is 0.416 e. The first kappa shape index (κ1) is 17.8. The molecule has 0 aliphatic carbocycles. The van der Waals surface area contributed by atoms with Crippen molar-refractivity contribution >= 4 is 5.91 Å². The van der Waals surface area contributed by atoms with Gasteiger partial charge in [0.2, 0.25) is 0 Å². The highest BCUT2D eigenvalue weighted by atomic mass is 19.4. The van der Waals surface area contributed by atoms with Crippen molar-refractivity contribution in [3.8, 4) is 5.75 Å². The van der Waals surface area contributed by atoms with Crippen LogP contribution in [0.2, 0.25) is 0 Å². The molecule has 2 aromatic carbocycles. The number of carbonyl (C=O) groups is 1. The zero-order chi connectivity index (χ0) is 17.9. The predicted molar refractivity (Wildman–Crippen MR) is 80.1 cm³/mol. The number of amides is 1. The molecule has 3 nitrogen and oxygen atoms in total. The Hall–Kier alpha value is -2.57. The molecule has 0 fully saturated rings. The van der Waals surface area contributed by atoms with Gasteiger partial charge in [-0.15, -0.1) is 0 Å². The monoisotopic (exact) mass is 341 g/mol. The molecule has 0 radical (unpaired) electrons. The van der Waals surface area contributed by atoms with E-state index >= 15 is 0 Å². The summed E-state index contributed by atoms with van der Waals surface area (Å²) in [6, 6.07) is 7.65. The lowest BCUT2D eigenvalue weighted by Gasteiger charge is -2.15. The molecule has 128 valence electrons. The Morgan fingerprint density at radius 3 is 2.38 bits per heavy atom. The highest BCUT2D eigenvalue weighted by molar-refractivity contribution is 5.94. The normalized spacial score (nSPS) is 12.7. The first-order chi connectivity index (χ1) is 11.1. The number of phenols is 1. The number of hydrogen-bond acceptors (Lipinski definition) is 2. The second kappa shape index (κ2) is 6.90. The van der Waals surface area contributed by atoms with Crippen LogP contribution in [0.5, 0.6) is 5.75 Å². The van der Waals surface area contributed by atoms with E-state index in [-0.39, 0.29) is 17.4 Å². The molecule has 0 saturated heterocycles. The Labute approximate surface area is 135 Å². The van der Waals surface area contributed by atoms with Crippen LogP contribution in [0, 0.1) is 5.82 Å². The number of aromatic hydroxyl groups is 1. The van der Waals surface area contributed by atoms with E-state index in [0.29, 0.717) is 18.6 Å². The topological polar surface area (TPSA) is 49.3 Å². The van der Waals surface area contributed by atoms with Crippen molar-refractivity contribution in [1.82, 2.24) is 5.32 Å². The molecule has 2 aromatic rings. The Kier molecular flexibility index (Phi) is 5.11. The Morgan fingerprint density at radius 2 is 1.79 bits per heavy atom. The van der Waals surface area contributed by atoms with Crippen LogP contribution in [0.3, 0.4) is 0 Å². The van der Waals surface area contributed by atoms with Gasteiger partial charge in [0.1, 0.15) is 11.6 Å². The third kappa shape index (κ3) is 4.71. The lowest BCUT2D eigenvalue weighted by molar-refractivity contribution is -0.137. The number of benzene rings is 2. The van der Waals surface area contributed by atoms with Crippen LogP contribution in [0.15, 0.2) is 42.5 Å². The molecular weight excluding hydrogens is 326 g/mol. The number of alkyl halides is 3. The van der Waals surface area contributed by atoms with Crippen molar-refractivity contribution in [2.24, 2.45) is 0 Å². The van der Waals surface area contributed by atoms with E-state index in [1.165, 1.54) is 12.1 Å². The highest BCUT2D eigenvalue weighted by Crippen LogP contribution is 2.30. The summed E-state index contributed by atoms with van der Waals surface area (Å²) in [6.45, 7) is 1.68. The molecule has 7 heteroatoms. The minimum Gasteiger partial charge on any atom is -0.508 e. The minimum atomic E-state index is -4.73. The third-order valence-electron chi connectivity index (χ3n) is 3.34. The molecule has 0 bridgehead atoms. The molecule has 2 N–H and O–H groups in total. The van der Waals surface area contributed by atoms with Gasteiger partial charge in [-0.05, 0) is 49.2 Å². The third-order valence-corrected chi connectivity index (χ3v) is 3.34. The van der Waals surface area contributed by atoms with Gasteiger partial charge in [0.15, 0.2) is 0 Å². The van der Waals surface area contributed by atoms with Crippen molar-refractivity contribution in [3.05, 3.63) is 65.0 Å². The van der Waals surface area contributed by atoms with Crippen LogP contribution in [-0.4, -0.2) is 17.1 Å². The van der Waals surface area contributed by atoms with Crippen molar-refractivity contribution in [3.63, 3.8) is 0 Å². The average molecular weight is 341 g/mol. The SMILES string of the molecule is CC(Cc1ccc(O)cc1)NC(=O)c1cc(F)cc(C(F)(F)F)c1. The number of phenolic OH excluding ortho intramolecular Hbond substituents is 1. The van der Waals surface area contributed by atoms with E-state index in [1.54, 1.807) is 19.1 Å². The van der Waals surface area contributed by atoms with Crippen LogP contribution >= 0.6 is 0 Å².